The Morgan fingerprint density at radius 2 is 1.90 bits per heavy atom. The Bertz CT molecular complexity index is 904. The minimum absolute atomic E-state index is 0.0232. The minimum Gasteiger partial charge on any atom is -0.494 e. The van der Waals surface area contributed by atoms with Crippen LogP contribution in [0.3, 0.4) is 0 Å². The van der Waals surface area contributed by atoms with Crippen molar-refractivity contribution < 1.29 is 23.5 Å². The number of hydrogen-bond donors (Lipinski definition) is 2. The summed E-state index contributed by atoms with van der Waals surface area (Å²) in [6.45, 7) is 6.43. The summed E-state index contributed by atoms with van der Waals surface area (Å²) in [5, 5.41) is 5.39. The van der Waals surface area contributed by atoms with Crippen molar-refractivity contribution in [2.45, 2.75) is 19.9 Å². The van der Waals surface area contributed by atoms with E-state index in [4.69, 9.17) is 21.1 Å². The SMILES string of the molecule is C=C(CCNC(=O)COc1ccc(Cl)c(F)c1)C(=O)NCc1ccccc1OCC. The molecule has 0 heterocycles. The molecule has 0 fully saturated rings. The summed E-state index contributed by atoms with van der Waals surface area (Å²) in [5.74, 6) is -0.407. The van der Waals surface area contributed by atoms with E-state index in [1.807, 2.05) is 31.2 Å². The van der Waals surface area contributed by atoms with Crippen LogP contribution in [0, 0.1) is 5.82 Å². The van der Waals surface area contributed by atoms with Gasteiger partial charge in [-0.25, -0.2) is 4.39 Å². The number of benzene rings is 2. The molecule has 0 aromatic heterocycles. The molecule has 0 bridgehead atoms. The number of hydrogen-bond acceptors (Lipinski definition) is 4. The summed E-state index contributed by atoms with van der Waals surface area (Å²) >= 11 is 5.59. The van der Waals surface area contributed by atoms with Crippen LogP contribution in [-0.2, 0) is 16.1 Å². The van der Waals surface area contributed by atoms with Gasteiger partial charge in [-0.3, -0.25) is 9.59 Å². The van der Waals surface area contributed by atoms with Crippen molar-refractivity contribution in [1.29, 1.82) is 0 Å². The lowest BCUT2D eigenvalue weighted by Gasteiger charge is -2.12. The summed E-state index contributed by atoms with van der Waals surface area (Å²) in [5.41, 5.74) is 1.20. The monoisotopic (exact) mass is 434 g/mol. The zero-order valence-corrected chi connectivity index (χ0v) is 17.4. The highest BCUT2D eigenvalue weighted by Crippen LogP contribution is 2.20. The molecule has 6 nitrogen and oxygen atoms in total. The number of carbonyl (C=O) groups is 2. The van der Waals surface area contributed by atoms with Crippen molar-refractivity contribution in [3.8, 4) is 11.5 Å². The predicted octanol–water partition coefficient (Wildman–Crippen LogP) is 3.64. The van der Waals surface area contributed by atoms with E-state index in [0.29, 0.717) is 18.7 Å². The maximum Gasteiger partial charge on any atom is 0.257 e. The third-order valence-corrected chi connectivity index (χ3v) is 4.35. The Balaban J connectivity index is 1.69. The summed E-state index contributed by atoms with van der Waals surface area (Å²) < 4.78 is 24.1. The molecule has 0 aliphatic heterocycles. The van der Waals surface area contributed by atoms with Gasteiger partial charge in [0.1, 0.15) is 17.3 Å². The maximum absolute atomic E-state index is 13.3. The average Bonchev–Trinajstić information content (AvgIpc) is 2.73. The molecule has 2 rings (SSSR count). The van der Waals surface area contributed by atoms with Crippen LogP contribution in [-0.4, -0.2) is 31.6 Å². The van der Waals surface area contributed by atoms with Crippen molar-refractivity contribution in [3.63, 3.8) is 0 Å². The smallest absolute Gasteiger partial charge is 0.257 e. The van der Waals surface area contributed by atoms with Crippen molar-refractivity contribution in [1.82, 2.24) is 10.6 Å². The van der Waals surface area contributed by atoms with E-state index in [2.05, 4.69) is 17.2 Å². The highest BCUT2D eigenvalue weighted by atomic mass is 35.5. The van der Waals surface area contributed by atoms with Gasteiger partial charge in [-0.2, -0.15) is 0 Å². The number of para-hydroxylation sites is 1. The van der Waals surface area contributed by atoms with Gasteiger partial charge >= 0.3 is 0 Å². The zero-order chi connectivity index (χ0) is 21.9. The Kier molecular flexibility index (Phi) is 9.15. The second-order valence-electron chi connectivity index (χ2n) is 6.29. The average molecular weight is 435 g/mol. The lowest BCUT2D eigenvalue weighted by atomic mass is 10.1. The van der Waals surface area contributed by atoms with Crippen LogP contribution < -0.4 is 20.1 Å². The standard InChI is InChI=1S/C22H24ClFN2O4/c1-3-29-20-7-5-4-6-16(20)13-26-22(28)15(2)10-11-25-21(27)14-30-17-8-9-18(23)19(24)12-17/h4-9,12H,2-3,10-11,13-14H2,1H3,(H,25,27)(H,26,28). The fourth-order valence-corrected chi connectivity index (χ4v) is 2.60. The van der Waals surface area contributed by atoms with Crippen LogP contribution in [0.5, 0.6) is 11.5 Å². The zero-order valence-electron chi connectivity index (χ0n) is 16.7. The summed E-state index contributed by atoms with van der Waals surface area (Å²) in [6, 6.07) is 11.4. The van der Waals surface area contributed by atoms with Gasteiger partial charge in [0.25, 0.3) is 5.91 Å². The molecular weight excluding hydrogens is 411 g/mol. The second kappa shape index (κ2) is 11.8. The van der Waals surface area contributed by atoms with Gasteiger partial charge in [0.15, 0.2) is 6.61 Å². The van der Waals surface area contributed by atoms with Crippen molar-refractivity contribution >= 4 is 23.4 Å². The molecule has 0 spiro atoms. The van der Waals surface area contributed by atoms with Gasteiger partial charge in [0, 0.05) is 30.3 Å². The van der Waals surface area contributed by atoms with E-state index in [-0.39, 0.29) is 36.3 Å². The Morgan fingerprint density at radius 3 is 2.63 bits per heavy atom. The fourth-order valence-electron chi connectivity index (χ4n) is 2.48. The molecule has 0 aliphatic carbocycles. The van der Waals surface area contributed by atoms with E-state index in [9.17, 15) is 14.0 Å². The first kappa shape index (κ1) is 23.2. The van der Waals surface area contributed by atoms with Crippen LogP contribution in [0.2, 0.25) is 5.02 Å². The molecule has 0 saturated carbocycles. The van der Waals surface area contributed by atoms with Crippen molar-refractivity contribution in [2.75, 3.05) is 19.8 Å². The molecule has 2 N–H and O–H groups in total. The first-order chi connectivity index (χ1) is 14.4. The number of carbonyl (C=O) groups excluding carboxylic acids is 2. The van der Waals surface area contributed by atoms with Crippen LogP contribution >= 0.6 is 11.6 Å². The predicted molar refractivity (Wildman–Crippen MR) is 113 cm³/mol. The molecule has 0 saturated heterocycles. The number of halogens is 2. The van der Waals surface area contributed by atoms with Crippen molar-refractivity contribution in [2.24, 2.45) is 0 Å². The third kappa shape index (κ3) is 7.40. The van der Waals surface area contributed by atoms with Gasteiger partial charge in [-0.15, -0.1) is 0 Å². The van der Waals surface area contributed by atoms with Crippen LogP contribution in [0.4, 0.5) is 4.39 Å². The van der Waals surface area contributed by atoms with Crippen LogP contribution in [0.25, 0.3) is 0 Å². The number of nitrogens with one attached hydrogen (secondary N) is 2. The first-order valence-electron chi connectivity index (χ1n) is 9.42. The Morgan fingerprint density at radius 1 is 1.13 bits per heavy atom. The van der Waals surface area contributed by atoms with Gasteiger partial charge in [0.05, 0.1) is 11.6 Å². The van der Waals surface area contributed by atoms with E-state index in [0.717, 1.165) is 17.4 Å². The molecule has 8 heteroatoms. The molecule has 2 aromatic carbocycles. The number of ether oxygens (including phenoxy) is 2. The normalized spacial score (nSPS) is 10.2. The molecule has 0 radical (unpaired) electrons. The lowest BCUT2D eigenvalue weighted by Crippen LogP contribution is -2.31. The Labute approximate surface area is 180 Å². The molecule has 2 amide bonds. The fraction of sp³-hybridized carbons (Fsp3) is 0.273. The van der Waals surface area contributed by atoms with Gasteiger partial charge < -0.3 is 20.1 Å². The summed E-state index contributed by atoms with van der Waals surface area (Å²) in [4.78, 5) is 24.0. The van der Waals surface area contributed by atoms with E-state index < -0.39 is 11.7 Å². The van der Waals surface area contributed by atoms with Crippen molar-refractivity contribution in [3.05, 3.63) is 71.0 Å². The molecule has 160 valence electrons. The number of amides is 2. The molecule has 0 atom stereocenters. The maximum atomic E-state index is 13.3. The summed E-state index contributed by atoms with van der Waals surface area (Å²) in [7, 11) is 0. The van der Waals surface area contributed by atoms with Gasteiger partial charge in [0.2, 0.25) is 5.91 Å². The molecule has 2 aromatic rings. The van der Waals surface area contributed by atoms with E-state index >= 15 is 0 Å². The lowest BCUT2D eigenvalue weighted by molar-refractivity contribution is -0.123. The van der Waals surface area contributed by atoms with Crippen LogP contribution in [0.1, 0.15) is 18.9 Å². The van der Waals surface area contributed by atoms with Gasteiger partial charge in [-0.05, 0) is 31.5 Å². The highest BCUT2D eigenvalue weighted by molar-refractivity contribution is 6.30. The molecule has 30 heavy (non-hydrogen) atoms. The minimum atomic E-state index is -0.624. The largest absolute Gasteiger partial charge is 0.494 e. The molecule has 0 unspecified atom stereocenters. The number of rotatable bonds is 11. The van der Waals surface area contributed by atoms with Gasteiger partial charge in [-0.1, -0.05) is 36.4 Å². The van der Waals surface area contributed by atoms with E-state index in [1.54, 1.807) is 0 Å². The molecule has 0 aliphatic rings. The highest BCUT2D eigenvalue weighted by Gasteiger charge is 2.10. The third-order valence-electron chi connectivity index (χ3n) is 4.04. The van der Waals surface area contributed by atoms with Crippen LogP contribution in [0.15, 0.2) is 54.6 Å². The Hall–Kier alpha value is -3.06. The topological polar surface area (TPSA) is 76.7 Å². The van der Waals surface area contributed by atoms with E-state index in [1.165, 1.54) is 12.1 Å². The quantitative estimate of drug-likeness (QED) is 0.529. The second-order valence-corrected chi connectivity index (χ2v) is 6.70. The summed E-state index contributed by atoms with van der Waals surface area (Å²) in [6.07, 6.45) is 0.278. The molecular formula is C22H24ClFN2O4. The first-order valence-corrected chi connectivity index (χ1v) is 9.79.